The number of hydrogen-bond donors (Lipinski definition) is 1. The van der Waals surface area contributed by atoms with Crippen LogP contribution in [0.5, 0.6) is 0 Å². The van der Waals surface area contributed by atoms with E-state index in [1.807, 2.05) is 4.90 Å². The molecule has 5 nitrogen and oxygen atoms in total. The molecule has 0 aliphatic carbocycles. The van der Waals surface area contributed by atoms with E-state index in [2.05, 4.69) is 5.32 Å². The van der Waals surface area contributed by atoms with Crippen LogP contribution in [0.1, 0.15) is 11.6 Å². The first kappa shape index (κ1) is 20.0. The number of halogens is 4. The quantitative estimate of drug-likeness (QED) is 0.674. The number of nitro groups is 1. The molecule has 1 saturated heterocycles. The number of alkyl halides is 1. The summed E-state index contributed by atoms with van der Waals surface area (Å²) in [6, 6.07) is 3.01. The summed E-state index contributed by atoms with van der Waals surface area (Å²) < 4.78 is 26.5. The Balaban J connectivity index is 0.00000200. The maximum Gasteiger partial charge on any atom is 0.305 e. The molecule has 1 heterocycles. The highest BCUT2D eigenvalue weighted by Gasteiger charge is 2.25. The van der Waals surface area contributed by atoms with Crippen molar-refractivity contribution in [3.05, 3.63) is 39.7 Å². The van der Waals surface area contributed by atoms with Gasteiger partial charge in [0.05, 0.1) is 11.0 Å². The first-order valence-electron chi connectivity index (χ1n) is 6.08. The molecule has 0 amide bonds. The van der Waals surface area contributed by atoms with Crippen LogP contribution in [0.15, 0.2) is 18.2 Å². The van der Waals surface area contributed by atoms with E-state index >= 15 is 0 Å². The zero-order valence-electron chi connectivity index (χ0n) is 11.1. The summed E-state index contributed by atoms with van der Waals surface area (Å²) in [6.45, 7) is 2.18. The fourth-order valence-corrected chi connectivity index (χ4v) is 2.27. The van der Waals surface area contributed by atoms with E-state index in [-0.39, 0.29) is 24.8 Å². The summed E-state index contributed by atoms with van der Waals surface area (Å²) in [5, 5.41) is 13.9. The fraction of sp³-hybridized carbons (Fsp3) is 0.500. The van der Waals surface area contributed by atoms with Crippen LogP contribution in [-0.4, -0.2) is 42.7 Å². The van der Waals surface area contributed by atoms with Crippen molar-refractivity contribution in [3.8, 4) is 0 Å². The fourth-order valence-electron chi connectivity index (χ4n) is 2.27. The molecular formula is C12H17Cl2F2N3O2. The second-order valence-corrected chi connectivity index (χ2v) is 4.42. The number of piperazine rings is 1. The summed E-state index contributed by atoms with van der Waals surface area (Å²) >= 11 is 0. The first-order valence-corrected chi connectivity index (χ1v) is 6.08. The van der Waals surface area contributed by atoms with Crippen molar-refractivity contribution in [2.75, 3.05) is 32.9 Å². The van der Waals surface area contributed by atoms with Gasteiger partial charge in [0.2, 0.25) is 5.82 Å². The van der Waals surface area contributed by atoms with E-state index in [9.17, 15) is 18.9 Å². The Hall–Kier alpha value is -1.02. The van der Waals surface area contributed by atoms with Crippen molar-refractivity contribution in [1.82, 2.24) is 10.2 Å². The van der Waals surface area contributed by atoms with Gasteiger partial charge in [0, 0.05) is 32.2 Å². The Kier molecular flexibility index (Phi) is 8.65. The lowest BCUT2D eigenvalue weighted by molar-refractivity contribution is -0.387. The van der Waals surface area contributed by atoms with Crippen molar-refractivity contribution in [2.45, 2.75) is 6.04 Å². The highest BCUT2D eigenvalue weighted by Crippen LogP contribution is 2.27. The third-order valence-electron chi connectivity index (χ3n) is 3.29. The lowest BCUT2D eigenvalue weighted by atomic mass is 10.0. The van der Waals surface area contributed by atoms with E-state index in [1.165, 1.54) is 6.07 Å². The van der Waals surface area contributed by atoms with Crippen LogP contribution in [-0.2, 0) is 0 Å². The van der Waals surface area contributed by atoms with E-state index < -0.39 is 29.1 Å². The maximum absolute atomic E-state index is 13.3. The summed E-state index contributed by atoms with van der Waals surface area (Å²) in [4.78, 5) is 11.8. The Morgan fingerprint density at radius 3 is 2.48 bits per heavy atom. The predicted octanol–water partition coefficient (Wildman–Crippen LogP) is 2.49. The molecule has 2 rings (SSSR count). The van der Waals surface area contributed by atoms with Crippen LogP contribution < -0.4 is 5.32 Å². The van der Waals surface area contributed by atoms with Crippen LogP contribution in [0.4, 0.5) is 14.5 Å². The van der Waals surface area contributed by atoms with Gasteiger partial charge in [-0.25, -0.2) is 4.39 Å². The molecule has 0 aromatic heterocycles. The second-order valence-electron chi connectivity index (χ2n) is 4.42. The van der Waals surface area contributed by atoms with Gasteiger partial charge in [0.1, 0.15) is 6.67 Å². The molecular weight excluding hydrogens is 327 g/mol. The first-order chi connectivity index (χ1) is 9.13. The molecule has 1 aliphatic rings. The molecule has 0 radical (unpaired) electrons. The van der Waals surface area contributed by atoms with Crippen LogP contribution >= 0.6 is 24.8 Å². The number of rotatable bonds is 4. The summed E-state index contributed by atoms with van der Waals surface area (Å²) in [6.07, 6.45) is 0. The smallest absolute Gasteiger partial charge is 0.305 e. The Morgan fingerprint density at radius 2 is 1.95 bits per heavy atom. The lowest BCUT2D eigenvalue weighted by Crippen LogP contribution is -2.45. The van der Waals surface area contributed by atoms with Gasteiger partial charge < -0.3 is 5.32 Å². The Labute approximate surface area is 133 Å². The molecule has 1 aromatic carbocycles. The van der Waals surface area contributed by atoms with Gasteiger partial charge >= 0.3 is 5.69 Å². The number of nitrogens with one attached hydrogen (secondary N) is 1. The van der Waals surface area contributed by atoms with Crippen molar-refractivity contribution >= 4 is 30.5 Å². The average molecular weight is 344 g/mol. The highest BCUT2D eigenvalue weighted by atomic mass is 35.5. The van der Waals surface area contributed by atoms with E-state index in [4.69, 9.17) is 0 Å². The van der Waals surface area contributed by atoms with Gasteiger partial charge in [-0.05, 0) is 11.6 Å². The molecule has 21 heavy (non-hydrogen) atoms. The topological polar surface area (TPSA) is 58.4 Å². The molecule has 120 valence electrons. The number of hydrogen-bond acceptors (Lipinski definition) is 4. The lowest BCUT2D eigenvalue weighted by Gasteiger charge is -2.33. The van der Waals surface area contributed by atoms with Crippen LogP contribution in [0.25, 0.3) is 0 Å². The molecule has 1 N–H and O–H groups in total. The van der Waals surface area contributed by atoms with E-state index in [0.29, 0.717) is 18.7 Å². The van der Waals surface area contributed by atoms with Gasteiger partial charge in [0.15, 0.2) is 0 Å². The molecule has 0 spiro atoms. The largest absolute Gasteiger partial charge is 0.314 e. The Bertz CT molecular complexity index is 474. The number of benzene rings is 1. The Morgan fingerprint density at radius 1 is 1.33 bits per heavy atom. The molecule has 0 unspecified atom stereocenters. The normalized spacial score (nSPS) is 16.5. The molecule has 1 fully saturated rings. The molecule has 1 atom stereocenters. The van der Waals surface area contributed by atoms with Crippen LogP contribution in [0.2, 0.25) is 0 Å². The SMILES string of the molecule is Cl.Cl.O=[N+]([O-])c1cc([C@H](CF)N2CCNCC2)ccc1F. The zero-order chi connectivity index (χ0) is 13.8. The summed E-state index contributed by atoms with van der Waals surface area (Å²) in [5.41, 5.74) is -0.163. The van der Waals surface area contributed by atoms with E-state index in [0.717, 1.165) is 25.2 Å². The predicted molar refractivity (Wildman–Crippen MR) is 80.7 cm³/mol. The molecule has 0 saturated carbocycles. The number of nitro benzene ring substituents is 1. The van der Waals surface area contributed by atoms with Gasteiger partial charge in [-0.2, -0.15) is 4.39 Å². The minimum absolute atomic E-state index is 0. The van der Waals surface area contributed by atoms with Gasteiger partial charge in [0.25, 0.3) is 0 Å². The molecule has 0 bridgehead atoms. The molecule has 9 heteroatoms. The molecule has 1 aromatic rings. The van der Waals surface area contributed by atoms with Crippen molar-refractivity contribution < 1.29 is 13.7 Å². The van der Waals surface area contributed by atoms with Gasteiger partial charge in [-0.3, -0.25) is 15.0 Å². The monoisotopic (exact) mass is 343 g/mol. The number of nitrogens with zero attached hydrogens (tertiary/aromatic N) is 2. The average Bonchev–Trinajstić information content (AvgIpc) is 2.42. The van der Waals surface area contributed by atoms with Crippen molar-refractivity contribution in [3.63, 3.8) is 0 Å². The second kappa shape index (κ2) is 9.09. The highest BCUT2D eigenvalue weighted by molar-refractivity contribution is 5.85. The zero-order valence-corrected chi connectivity index (χ0v) is 12.8. The minimum Gasteiger partial charge on any atom is -0.314 e. The van der Waals surface area contributed by atoms with Crippen LogP contribution in [0.3, 0.4) is 0 Å². The minimum atomic E-state index is -0.897. The summed E-state index contributed by atoms with van der Waals surface area (Å²) in [7, 11) is 0. The van der Waals surface area contributed by atoms with Crippen LogP contribution in [0, 0.1) is 15.9 Å². The standard InChI is InChI=1S/C12H15F2N3O2.2ClH/c13-8-12(16-5-3-15-4-6-16)9-1-2-10(14)11(7-9)17(18)19;;/h1-2,7,12,15H,3-6,8H2;2*1H/t12-;;/m0../s1. The van der Waals surface area contributed by atoms with Gasteiger partial charge in [-0.15, -0.1) is 24.8 Å². The summed E-state index contributed by atoms with van der Waals surface area (Å²) in [5.74, 6) is -0.897. The van der Waals surface area contributed by atoms with Crippen molar-refractivity contribution in [1.29, 1.82) is 0 Å². The maximum atomic E-state index is 13.3. The van der Waals surface area contributed by atoms with Gasteiger partial charge in [-0.1, -0.05) is 6.07 Å². The third kappa shape index (κ3) is 4.74. The third-order valence-corrected chi connectivity index (χ3v) is 3.29. The van der Waals surface area contributed by atoms with Crippen molar-refractivity contribution in [2.24, 2.45) is 0 Å². The van der Waals surface area contributed by atoms with E-state index in [1.54, 1.807) is 0 Å². The molecule has 1 aliphatic heterocycles.